The van der Waals surface area contributed by atoms with Gasteiger partial charge in [-0.2, -0.15) is 0 Å². The Hall–Kier alpha value is -1.83. The van der Waals surface area contributed by atoms with Crippen LogP contribution >= 0.6 is 0 Å². The van der Waals surface area contributed by atoms with Gasteiger partial charge < -0.3 is 5.32 Å². The van der Waals surface area contributed by atoms with Crippen molar-refractivity contribution in [1.29, 1.82) is 0 Å². The Morgan fingerprint density at radius 2 is 1.81 bits per heavy atom. The Labute approximate surface area is 96.4 Å². The summed E-state index contributed by atoms with van der Waals surface area (Å²) in [6.07, 6.45) is 1.87. The lowest BCUT2D eigenvalue weighted by molar-refractivity contribution is 0.882. The fourth-order valence-corrected chi connectivity index (χ4v) is 1.63. The van der Waals surface area contributed by atoms with Gasteiger partial charge in [-0.3, -0.25) is 4.98 Å². The molecule has 2 aromatic rings. The second-order valence-corrected chi connectivity index (χ2v) is 3.96. The van der Waals surface area contributed by atoms with E-state index in [0.29, 0.717) is 6.04 Å². The van der Waals surface area contributed by atoms with Crippen LogP contribution < -0.4 is 5.32 Å². The minimum atomic E-state index is 0.297. The maximum atomic E-state index is 4.26. The van der Waals surface area contributed by atoms with Crippen molar-refractivity contribution in [2.75, 3.05) is 5.32 Å². The molecule has 0 aliphatic heterocycles. The predicted molar refractivity (Wildman–Crippen MR) is 67.5 cm³/mol. The molecule has 82 valence electrons. The van der Waals surface area contributed by atoms with E-state index in [0.717, 1.165) is 11.4 Å². The van der Waals surface area contributed by atoms with Crippen molar-refractivity contribution in [3.8, 4) is 0 Å². The highest BCUT2D eigenvalue weighted by Gasteiger charge is 2.03. The Morgan fingerprint density at radius 3 is 2.44 bits per heavy atom. The zero-order chi connectivity index (χ0) is 11.4. The monoisotopic (exact) mass is 212 g/mol. The van der Waals surface area contributed by atoms with E-state index in [-0.39, 0.29) is 0 Å². The van der Waals surface area contributed by atoms with E-state index in [2.05, 4.69) is 47.6 Å². The molecule has 0 spiro atoms. The third-order valence-corrected chi connectivity index (χ3v) is 2.59. The molecule has 2 nitrogen and oxygen atoms in total. The molecular weight excluding hydrogens is 196 g/mol. The number of anilines is 1. The summed E-state index contributed by atoms with van der Waals surface area (Å²) >= 11 is 0. The van der Waals surface area contributed by atoms with Gasteiger partial charge in [0, 0.05) is 11.7 Å². The van der Waals surface area contributed by atoms with Crippen molar-refractivity contribution in [1.82, 2.24) is 4.98 Å². The van der Waals surface area contributed by atoms with Gasteiger partial charge in [-0.1, -0.05) is 30.3 Å². The summed E-state index contributed by atoms with van der Waals surface area (Å²) < 4.78 is 0. The van der Waals surface area contributed by atoms with E-state index in [1.54, 1.807) is 0 Å². The summed E-state index contributed by atoms with van der Waals surface area (Å²) in [5.41, 5.74) is 3.38. The zero-order valence-corrected chi connectivity index (χ0v) is 9.64. The molecule has 1 N–H and O–H groups in total. The molecule has 0 aliphatic carbocycles. The predicted octanol–water partition coefficient (Wildman–Crippen LogP) is 3.56. The summed E-state index contributed by atoms with van der Waals surface area (Å²) in [4.78, 5) is 4.26. The van der Waals surface area contributed by atoms with E-state index in [1.165, 1.54) is 5.56 Å². The topological polar surface area (TPSA) is 24.9 Å². The lowest BCUT2D eigenvalue weighted by Crippen LogP contribution is -2.06. The molecule has 0 unspecified atom stereocenters. The first-order valence-corrected chi connectivity index (χ1v) is 5.50. The number of aromatic nitrogens is 1. The Morgan fingerprint density at radius 1 is 1.06 bits per heavy atom. The molecule has 2 rings (SSSR count). The van der Waals surface area contributed by atoms with Gasteiger partial charge in [0.2, 0.25) is 0 Å². The highest BCUT2D eigenvalue weighted by molar-refractivity contribution is 5.43. The normalized spacial score (nSPS) is 12.1. The number of aryl methyl sites for hydroxylation is 1. The number of benzene rings is 1. The molecule has 0 radical (unpaired) electrons. The molecule has 0 saturated carbocycles. The molecule has 1 atom stereocenters. The largest absolute Gasteiger partial charge is 0.377 e. The van der Waals surface area contributed by atoms with Crippen LogP contribution in [0.1, 0.15) is 24.2 Å². The van der Waals surface area contributed by atoms with Gasteiger partial charge in [0.05, 0.1) is 11.9 Å². The molecule has 16 heavy (non-hydrogen) atoms. The minimum Gasteiger partial charge on any atom is -0.377 e. The molecule has 2 heteroatoms. The van der Waals surface area contributed by atoms with Crippen LogP contribution in [0.2, 0.25) is 0 Å². The van der Waals surface area contributed by atoms with Crippen LogP contribution in [-0.2, 0) is 0 Å². The Balaban J connectivity index is 2.08. The van der Waals surface area contributed by atoms with E-state index in [9.17, 15) is 0 Å². The number of pyridine rings is 1. The SMILES string of the molecule is Cc1ccc(N[C@H](C)c2ccccc2)cn1. The second kappa shape index (κ2) is 4.79. The zero-order valence-electron chi connectivity index (χ0n) is 9.64. The van der Waals surface area contributed by atoms with Gasteiger partial charge in [-0.15, -0.1) is 0 Å². The molecule has 0 bridgehead atoms. The Bertz CT molecular complexity index is 434. The van der Waals surface area contributed by atoms with Crippen molar-refractivity contribution >= 4 is 5.69 Å². The van der Waals surface area contributed by atoms with E-state index in [1.807, 2.05) is 25.3 Å². The lowest BCUT2D eigenvalue weighted by atomic mass is 10.1. The van der Waals surface area contributed by atoms with Gasteiger partial charge in [0.25, 0.3) is 0 Å². The number of hydrogen-bond donors (Lipinski definition) is 1. The third kappa shape index (κ3) is 2.60. The molecule has 0 saturated heterocycles. The van der Waals surface area contributed by atoms with Gasteiger partial charge in [-0.05, 0) is 31.5 Å². The molecule has 1 aromatic heterocycles. The van der Waals surface area contributed by atoms with Crippen molar-refractivity contribution in [3.63, 3.8) is 0 Å². The van der Waals surface area contributed by atoms with Crippen molar-refractivity contribution in [2.45, 2.75) is 19.9 Å². The van der Waals surface area contributed by atoms with Crippen LogP contribution in [0.5, 0.6) is 0 Å². The number of nitrogens with one attached hydrogen (secondary N) is 1. The van der Waals surface area contributed by atoms with Crippen LogP contribution in [-0.4, -0.2) is 4.98 Å². The summed E-state index contributed by atoms with van der Waals surface area (Å²) in [6, 6.07) is 14.8. The fourth-order valence-electron chi connectivity index (χ4n) is 1.63. The first kappa shape index (κ1) is 10.7. The standard InChI is InChI=1S/C14H16N2/c1-11-8-9-14(10-15-11)16-12(2)13-6-4-3-5-7-13/h3-10,12,16H,1-2H3/t12-/m1/s1. The van der Waals surface area contributed by atoms with Crippen LogP contribution in [0.3, 0.4) is 0 Å². The molecule has 0 aliphatic rings. The van der Waals surface area contributed by atoms with E-state index >= 15 is 0 Å². The molecule has 0 amide bonds. The van der Waals surface area contributed by atoms with Crippen LogP contribution in [0.4, 0.5) is 5.69 Å². The van der Waals surface area contributed by atoms with E-state index < -0.39 is 0 Å². The van der Waals surface area contributed by atoms with Crippen molar-refractivity contribution in [2.24, 2.45) is 0 Å². The minimum absolute atomic E-state index is 0.297. The van der Waals surface area contributed by atoms with Crippen LogP contribution in [0.25, 0.3) is 0 Å². The quantitative estimate of drug-likeness (QED) is 0.841. The average molecular weight is 212 g/mol. The van der Waals surface area contributed by atoms with Crippen LogP contribution in [0, 0.1) is 6.92 Å². The third-order valence-electron chi connectivity index (χ3n) is 2.59. The number of rotatable bonds is 3. The highest BCUT2D eigenvalue weighted by Crippen LogP contribution is 2.17. The molecule has 0 fully saturated rings. The van der Waals surface area contributed by atoms with Crippen molar-refractivity contribution < 1.29 is 0 Å². The maximum absolute atomic E-state index is 4.26. The smallest absolute Gasteiger partial charge is 0.0531 e. The van der Waals surface area contributed by atoms with Gasteiger partial charge in [0.15, 0.2) is 0 Å². The summed E-state index contributed by atoms with van der Waals surface area (Å²) in [5, 5.41) is 3.42. The summed E-state index contributed by atoms with van der Waals surface area (Å²) in [6.45, 7) is 4.14. The summed E-state index contributed by atoms with van der Waals surface area (Å²) in [5.74, 6) is 0. The molecule has 1 heterocycles. The van der Waals surface area contributed by atoms with Gasteiger partial charge >= 0.3 is 0 Å². The molecule has 1 aromatic carbocycles. The lowest BCUT2D eigenvalue weighted by Gasteiger charge is -2.15. The van der Waals surface area contributed by atoms with Gasteiger partial charge in [0.1, 0.15) is 0 Å². The number of nitrogens with zero attached hydrogens (tertiary/aromatic N) is 1. The first-order chi connectivity index (χ1) is 7.75. The maximum Gasteiger partial charge on any atom is 0.0531 e. The second-order valence-electron chi connectivity index (χ2n) is 3.96. The fraction of sp³-hybridized carbons (Fsp3) is 0.214. The van der Waals surface area contributed by atoms with Gasteiger partial charge in [-0.25, -0.2) is 0 Å². The average Bonchev–Trinajstić information content (AvgIpc) is 2.33. The first-order valence-electron chi connectivity index (χ1n) is 5.50. The molecular formula is C14H16N2. The van der Waals surface area contributed by atoms with E-state index in [4.69, 9.17) is 0 Å². The summed E-state index contributed by atoms with van der Waals surface area (Å²) in [7, 11) is 0. The highest BCUT2D eigenvalue weighted by atomic mass is 14.9. The number of hydrogen-bond acceptors (Lipinski definition) is 2. The van der Waals surface area contributed by atoms with Crippen molar-refractivity contribution in [3.05, 3.63) is 59.9 Å². The Kier molecular flexibility index (Phi) is 3.20. The van der Waals surface area contributed by atoms with Crippen LogP contribution in [0.15, 0.2) is 48.7 Å².